The van der Waals surface area contributed by atoms with Crippen molar-refractivity contribution in [2.75, 3.05) is 0 Å². The van der Waals surface area contributed by atoms with Crippen LogP contribution in [-0.4, -0.2) is 12.5 Å². The summed E-state index contributed by atoms with van der Waals surface area (Å²) < 4.78 is 0. The molecule has 0 amide bonds. The Morgan fingerprint density at radius 2 is 1.88 bits per heavy atom. The summed E-state index contributed by atoms with van der Waals surface area (Å²) in [5.74, 6) is 0. The van der Waals surface area contributed by atoms with Crippen LogP contribution >= 0.6 is 23.2 Å². The summed E-state index contributed by atoms with van der Waals surface area (Å²) in [6, 6.07) is 0. The van der Waals surface area contributed by atoms with Gasteiger partial charge in [-0.3, -0.25) is 10.2 Å². The number of allylic oxidation sites excluding steroid dienone is 2. The Morgan fingerprint density at radius 1 is 1.38 bits per heavy atom. The first kappa shape index (κ1) is 7.66. The Morgan fingerprint density at radius 3 is 2.00 bits per heavy atom. The van der Waals surface area contributed by atoms with Gasteiger partial charge in [-0.1, -0.05) is 23.2 Å². The zero-order chi connectivity index (χ0) is 6.57. The number of carbonyl (C=O) groups excluding carboxylic acids is 1. The van der Waals surface area contributed by atoms with E-state index >= 15 is 0 Å². The number of hydrogen-bond acceptors (Lipinski definition) is 2. The predicted octanol–water partition coefficient (Wildman–Crippen LogP) is 1.31. The maximum atomic E-state index is 9.58. The van der Waals surface area contributed by atoms with Gasteiger partial charge in [0.1, 0.15) is 11.2 Å². The van der Waals surface area contributed by atoms with Gasteiger partial charge in [0.15, 0.2) is 0 Å². The third-order valence-corrected chi connectivity index (χ3v) is 1.04. The van der Waals surface area contributed by atoms with E-state index in [0.717, 1.165) is 0 Å². The van der Waals surface area contributed by atoms with Crippen LogP contribution in [0.2, 0.25) is 0 Å². The zero-order valence-electron chi connectivity index (χ0n) is 3.66. The first-order valence-corrected chi connectivity index (χ1v) is 2.34. The molecule has 0 aliphatic carbocycles. The molecule has 0 spiro atoms. The molecule has 2 radical (unpaired) electrons. The molecule has 2 nitrogen and oxygen atoms in total. The number of nitrogens with one attached hydrogen (secondary N) is 1. The fourth-order valence-electron chi connectivity index (χ4n) is 0.0997. The van der Waals surface area contributed by atoms with Gasteiger partial charge >= 0.3 is 0 Å². The lowest BCUT2D eigenvalue weighted by molar-refractivity contribution is 0.563. The maximum absolute atomic E-state index is 9.58. The first-order chi connectivity index (χ1) is 3.72. The van der Waals surface area contributed by atoms with Crippen molar-refractivity contribution < 1.29 is 4.79 Å². The molecule has 0 aliphatic heterocycles. The molecule has 0 saturated carbocycles. The van der Waals surface area contributed by atoms with E-state index in [1.54, 1.807) is 6.21 Å². The lowest BCUT2D eigenvalue weighted by atomic mass is 10.5. The minimum atomic E-state index is -0.318. The van der Waals surface area contributed by atoms with E-state index in [-0.39, 0.29) is 10.1 Å². The van der Waals surface area contributed by atoms with Crippen molar-refractivity contribution in [1.82, 2.24) is 0 Å². The van der Waals surface area contributed by atoms with E-state index in [9.17, 15) is 4.79 Å². The molecule has 0 heterocycles. The molecule has 8 heavy (non-hydrogen) atoms. The molecule has 0 atom stereocenters. The molecule has 0 aromatic carbocycles. The monoisotopic (exact) mass is 149 g/mol. The van der Waals surface area contributed by atoms with Gasteiger partial charge in [0.05, 0.1) is 5.03 Å². The van der Waals surface area contributed by atoms with Gasteiger partial charge in [-0.05, 0) is 0 Å². The average molecular weight is 150 g/mol. The molecule has 0 aliphatic rings. The molecule has 0 fully saturated rings. The lowest BCUT2D eigenvalue weighted by Crippen LogP contribution is -1.78. The first-order valence-electron chi connectivity index (χ1n) is 1.58. The lowest BCUT2D eigenvalue weighted by Gasteiger charge is -1.80. The molecule has 42 valence electrons. The SMILES string of the molecule is N=[C]/C(Cl)=C(/Cl)[C]=O. The highest BCUT2D eigenvalue weighted by Crippen LogP contribution is 2.07. The Bertz CT molecular complexity index is 125. The molecule has 0 saturated heterocycles. The molecule has 0 rings (SSSR count). The Labute approximate surface area is 56.6 Å². The van der Waals surface area contributed by atoms with Crippen molar-refractivity contribution in [1.29, 1.82) is 5.41 Å². The Hall–Kier alpha value is -0.340. The van der Waals surface area contributed by atoms with E-state index in [0.29, 0.717) is 0 Å². The second-order valence-electron chi connectivity index (χ2n) is 0.855. The molecule has 0 aromatic heterocycles. The largest absolute Gasteiger partial charge is 0.297 e. The van der Waals surface area contributed by atoms with Crippen molar-refractivity contribution in [3.05, 3.63) is 10.1 Å². The fourth-order valence-corrected chi connectivity index (χ4v) is 0.185. The third kappa shape index (κ3) is 2.09. The van der Waals surface area contributed by atoms with Crippen LogP contribution in [0.1, 0.15) is 0 Å². The van der Waals surface area contributed by atoms with Gasteiger partial charge in [-0.15, -0.1) is 0 Å². The number of halogens is 2. The summed E-state index contributed by atoms with van der Waals surface area (Å²) in [6.45, 7) is 0. The van der Waals surface area contributed by atoms with E-state index in [1.807, 2.05) is 0 Å². The fraction of sp³-hybridized carbons (Fsp3) is 0. The van der Waals surface area contributed by atoms with Gasteiger partial charge in [-0.25, -0.2) is 0 Å². The minimum Gasteiger partial charge on any atom is -0.297 e. The summed E-state index contributed by atoms with van der Waals surface area (Å²) in [7, 11) is 0. The second kappa shape index (κ2) is 3.64. The number of hydrogen-bond donors (Lipinski definition) is 1. The molecule has 4 heteroatoms. The summed E-state index contributed by atoms with van der Waals surface area (Å²) in [6.07, 6.45) is 3.01. The minimum absolute atomic E-state index is 0.221. The van der Waals surface area contributed by atoms with Gasteiger partial charge in [-0.2, -0.15) is 0 Å². The second-order valence-corrected chi connectivity index (χ2v) is 1.61. The summed E-state index contributed by atoms with van der Waals surface area (Å²) in [5, 5.41) is 5.80. The molecular formula is C4HCl2NO. The smallest absolute Gasteiger partial charge is 0.247 e. The van der Waals surface area contributed by atoms with Crippen LogP contribution in [0.3, 0.4) is 0 Å². The van der Waals surface area contributed by atoms with Gasteiger partial charge < -0.3 is 0 Å². The summed E-state index contributed by atoms with van der Waals surface area (Å²) in [5.41, 5.74) is 0. The standard InChI is InChI=1S/C4HCl2NO/c5-3(1-7)4(6)2-8/h7H/b4-3-,7-1?. The van der Waals surface area contributed by atoms with Crippen molar-refractivity contribution >= 4 is 35.7 Å². The van der Waals surface area contributed by atoms with Crippen LogP contribution in [0, 0.1) is 5.41 Å². The van der Waals surface area contributed by atoms with Crippen LogP contribution in [0.5, 0.6) is 0 Å². The van der Waals surface area contributed by atoms with Crippen molar-refractivity contribution in [3.63, 3.8) is 0 Å². The van der Waals surface area contributed by atoms with E-state index < -0.39 is 0 Å². The van der Waals surface area contributed by atoms with Crippen LogP contribution in [0.4, 0.5) is 0 Å². The van der Waals surface area contributed by atoms with Crippen LogP contribution in [0.15, 0.2) is 10.1 Å². The molecule has 0 unspecified atom stereocenters. The van der Waals surface area contributed by atoms with Crippen molar-refractivity contribution in [3.8, 4) is 0 Å². The van der Waals surface area contributed by atoms with Crippen molar-refractivity contribution in [2.24, 2.45) is 0 Å². The summed E-state index contributed by atoms with van der Waals surface area (Å²) in [4.78, 5) is 9.58. The predicted molar refractivity (Wildman–Crippen MR) is 32.2 cm³/mol. The van der Waals surface area contributed by atoms with Crippen LogP contribution in [-0.2, 0) is 4.79 Å². The van der Waals surface area contributed by atoms with E-state index in [2.05, 4.69) is 0 Å². The summed E-state index contributed by atoms with van der Waals surface area (Å²) >= 11 is 10.2. The van der Waals surface area contributed by atoms with E-state index in [4.69, 9.17) is 28.6 Å². The van der Waals surface area contributed by atoms with Gasteiger partial charge in [0.25, 0.3) is 0 Å². The molecule has 0 bridgehead atoms. The maximum Gasteiger partial charge on any atom is 0.247 e. The molecule has 1 N–H and O–H groups in total. The van der Waals surface area contributed by atoms with Crippen LogP contribution < -0.4 is 0 Å². The Kier molecular flexibility index (Phi) is 3.48. The Balaban J connectivity index is 4.25. The highest BCUT2D eigenvalue weighted by molar-refractivity contribution is 6.50. The van der Waals surface area contributed by atoms with Crippen LogP contribution in [0.25, 0.3) is 0 Å². The quantitative estimate of drug-likeness (QED) is 0.467. The molecular weight excluding hydrogens is 149 g/mol. The van der Waals surface area contributed by atoms with E-state index in [1.165, 1.54) is 6.29 Å². The topological polar surface area (TPSA) is 40.9 Å². The third-order valence-electron chi connectivity index (χ3n) is 0.392. The van der Waals surface area contributed by atoms with Crippen molar-refractivity contribution in [2.45, 2.75) is 0 Å². The normalized spacial score (nSPS) is 12.2. The highest BCUT2D eigenvalue weighted by Gasteiger charge is 1.95. The number of rotatable bonds is 2. The van der Waals surface area contributed by atoms with Gasteiger partial charge in [0, 0.05) is 0 Å². The van der Waals surface area contributed by atoms with Gasteiger partial charge in [0.2, 0.25) is 6.29 Å². The average Bonchev–Trinajstić information content (AvgIpc) is 1.84. The zero-order valence-corrected chi connectivity index (χ0v) is 5.18. The molecule has 0 aromatic rings. The highest BCUT2D eigenvalue weighted by atomic mass is 35.5.